The lowest BCUT2D eigenvalue weighted by atomic mass is 10.2. The van der Waals surface area contributed by atoms with Gasteiger partial charge in [-0.2, -0.15) is 0 Å². The Morgan fingerprint density at radius 3 is 2.82 bits per heavy atom. The van der Waals surface area contributed by atoms with Gasteiger partial charge in [-0.1, -0.05) is 6.07 Å². The van der Waals surface area contributed by atoms with Crippen molar-refractivity contribution in [2.45, 2.75) is 6.92 Å². The first-order valence-corrected chi connectivity index (χ1v) is 7.02. The van der Waals surface area contributed by atoms with E-state index in [4.69, 9.17) is 9.47 Å². The normalized spacial score (nSPS) is 14.4. The molecule has 0 bridgehead atoms. The summed E-state index contributed by atoms with van der Waals surface area (Å²) < 4.78 is 10.2. The second kappa shape index (κ2) is 7.13. The van der Waals surface area contributed by atoms with Crippen molar-refractivity contribution in [3.05, 3.63) is 23.8 Å². The lowest BCUT2D eigenvalue weighted by molar-refractivity contribution is -0.127. The molecule has 3 amide bonds. The molecule has 22 heavy (non-hydrogen) atoms. The van der Waals surface area contributed by atoms with Crippen molar-refractivity contribution < 1.29 is 19.1 Å². The molecule has 1 aliphatic heterocycles. The molecule has 1 saturated heterocycles. The average molecular weight is 307 g/mol. The molecule has 0 radical (unpaired) electrons. The maximum atomic E-state index is 12.3. The first kappa shape index (κ1) is 16.1. The van der Waals surface area contributed by atoms with Crippen molar-refractivity contribution >= 4 is 17.6 Å². The van der Waals surface area contributed by atoms with Crippen molar-refractivity contribution in [1.82, 2.24) is 9.80 Å². The third-order valence-corrected chi connectivity index (χ3v) is 3.47. The van der Waals surface area contributed by atoms with Gasteiger partial charge in [0.2, 0.25) is 5.91 Å². The van der Waals surface area contributed by atoms with Crippen molar-refractivity contribution in [1.29, 1.82) is 0 Å². The number of urea groups is 1. The Bertz CT molecular complexity index is 562. The molecule has 120 valence electrons. The van der Waals surface area contributed by atoms with E-state index in [1.54, 1.807) is 25.2 Å². The molecule has 0 aromatic heterocycles. The molecule has 1 N–H and O–H groups in total. The highest BCUT2D eigenvalue weighted by Gasteiger charge is 2.30. The number of hydrogen-bond donors (Lipinski definition) is 1. The lowest BCUT2D eigenvalue weighted by Crippen LogP contribution is -2.35. The van der Waals surface area contributed by atoms with Crippen LogP contribution < -0.4 is 10.1 Å². The van der Waals surface area contributed by atoms with Crippen LogP contribution in [-0.4, -0.2) is 62.3 Å². The Hall–Kier alpha value is -2.28. The van der Waals surface area contributed by atoms with Crippen molar-refractivity contribution in [2.24, 2.45) is 0 Å². The number of anilines is 1. The molecule has 0 spiro atoms. The SMILES string of the molecule is COCCN1CN(C(=O)Nc2ccc(C)cc2OC)CC1=O. The summed E-state index contributed by atoms with van der Waals surface area (Å²) in [7, 11) is 3.13. The fourth-order valence-electron chi connectivity index (χ4n) is 2.23. The van der Waals surface area contributed by atoms with E-state index >= 15 is 0 Å². The minimum Gasteiger partial charge on any atom is -0.495 e. The largest absolute Gasteiger partial charge is 0.495 e. The summed E-state index contributed by atoms with van der Waals surface area (Å²) in [5, 5.41) is 2.78. The van der Waals surface area contributed by atoms with Crippen LogP contribution in [-0.2, 0) is 9.53 Å². The number of hydrogen-bond acceptors (Lipinski definition) is 4. The number of ether oxygens (including phenoxy) is 2. The summed E-state index contributed by atoms with van der Waals surface area (Å²) in [6.07, 6.45) is 0. The van der Waals surface area contributed by atoms with Gasteiger partial charge >= 0.3 is 6.03 Å². The highest BCUT2D eigenvalue weighted by Crippen LogP contribution is 2.25. The Balaban J connectivity index is 2.00. The minimum absolute atomic E-state index is 0.0731. The summed E-state index contributed by atoms with van der Waals surface area (Å²) >= 11 is 0. The summed E-state index contributed by atoms with van der Waals surface area (Å²) in [5.41, 5.74) is 1.62. The predicted molar refractivity (Wildman–Crippen MR) is 81.9 cm³/mol. The number of benzene rings is 1. The Morgan fingerprint density at radius 2 is 2.14 bits per heavy atom. The van der Waals surface area contributed by atoms with Gasteiger partial charge in [0, 0.05) is 13.7 Å². The second-order valence-corrected chi connectivity index (χ2v) is 5.12. The van der Waals surface area contributed by atoms with E-state index < -0.39 is 0 Å². The number of methoxy groups -OCH3 is 2. The third kappa shape index (κ3) is 3.67. The van der Waals surface area contributed by atoms with Crippen LogP contribution in [0.5, 0.6) is 5.75 Å². The molecule has 0 saturated carbocycles. The molecule has 1 aromatic rings. The molecule has 0 unspecified atom stereocenters. The van der Waals surface area contributed by atoms with E-state index in [0.717, 1.165) is 5.56 Å². The number of carbonyl (C=O) groups excluding carboxylic acids is 2. The first-order valence-electron chi connectivity index (χ1n) is 7.02. The topological polar surface area (TPSA) is 71.1 Å². The van der Waals surface area contributed by atoms with Gasteiger partial charge in [-0.15, -0.1) is 0 Å². The molecule has 1 fully saturated rings. The van der Waals surface area contributed by atoms with Crippen LogP contribution in [0, 0.1) is 6.92 Å². The Kier molecular flexibility index (Phi) is 5.21. The summed E-state index contributed by atoms with van der Waals surface area (Å²) in [5.74, 6) is 0.512. The molecule has 0 atom stereocenters. The van der Waals surface area contributed by atoms with E-state index in [9.17, 15) is 9.59 Å². The number of rotatable bonds is 5. The van der Waals surface area contributed by atoms with Gasteiger partial charge in [0.25, 0.3) is 0 Å². The van der Waals surface area contributed by atoms with Gasteiger partial charge in [0.15, 0.2) is 0 Å². The number of amides is 3. The van der Waals surface area contributed by atoms with Crippen LogP contribution in [0.25, 0.3) is 0 Å². The summed E-state index contributed by atoms with van der Waals surface area (Å²) in [4.78, 5) is 27.2. The van der Waals surface area contributed by atoms with Crippen LogP contribution in [0.1, 0.15) is 5.56 Å². The van der Waals surface area contributed by atoms with E-state index in [1.165, 1.54) is 4.90 Å². The van der Waals surface area contributed by atoms with Crippen molar-refractivity contribution in [2.75, 3.05) is 45.9 Å². The number of nitrogens with one attached hydrogen (secondary N) is 1. The van der Waals surface area contributed by atoms with Gasteiger partial charge in [-0.25, -0.2) is 4.79 Å². The number of carbonyl (C=O) groups is 2. The standard InChI is InChI=1S/C15H21N3O4/c1-11-4-5-12(13(8-11)22-3)16-15(20)18-9-14(19)17(10-18)6-7-21-2/h4-5,8H,6-7,9-10H2,1-3H3,(H,16,20). The highest BCUT2D eigenvalue weighted by atomic mass is 16.5. The highest BCUT2D eigenvalue weighted by molar-refractivity contribution is 5.95. The maximum Gasteiger partial charge on any atom is 0.323 e. The zero-order valence-corrected chi connectivity index (χ0v) is 13.1. The van der Waals surface area contributed by atoms with Crippen LogP contribution in [0.3, 0.4) is 0 Å². The molecule has 2 rings (SSSR count). The smallest absolute Gasteiger partial charge is 0.323 e. The second-order valence-electron chi connectivity index (χ2n) is 5.12. The monoisotopic (exact) mass is 307 g/mol. The predicted octanol–water partition coefficient (Wildman–Crippen LogP) is 1.28. The molecule has 1 heterocycles. The van der Waals surface area contributed by atoms with Gasteiger partial charge in [0.1, 0.15) is 12.3 Å². The molecule has 7 nitrogen and oxygen atoms in total. The Labute approximate surface area is 129 Å². The fraction of sp³-hybridized carbons (Fsp3) is 0.467. The summed E-state index contributed by atoms with van der Waals surface area (Å²) in [6.45, 7) is 3.22. The van der Waals surface area contributed by atoms with E-state index in [1.807, 2.05) is 19.1 Å². The molecule has 0 aliphatic carbocycles. The van der Waals surface area contributed by atoms with Gasteiger partial charge in [0.05, 0.1) is 26.1 Å². The van der Waals surface area contributed by atoms with Crippen molar-refractivity contribution in [3.63, 3.8) is 0 Å². The van der Waals surface area contributed by atoms with Crippen LogP contribution in [0.15, 0.2) is 18.2 Å². The van der Waals surface area contributed by atoms with Crippen LogP contribution in [0.4, 0.5) is 10.5 Å². The van der Waals surface area contributed by atoms with Crippen LogP contribution in [0.2, 0.25) is 0 Å². The van der Waals surface area contributed by atoms with Crippen LogP contribution >= 0.6 is 0 Å². The maximum absolute atomic E-state index is 12.3. The lowest BCUT2D eigenvalue weighted by Gasteiger charge is -2.19. The zero-order valence-electron chi connectivity index (χ0n) is 13.1. The molecule has 7 heteroatoms. The molecular weight excluding hydrogens is 286 g/mol. The average Bonchev–Trinajstić information content (AvgIpc) is 2.88. The quantitative estimate of drug-likeness (QED) is 0.889. The minimum atomic E-state index is -0.324. The van der Waals surface area contributed by atoms with E-state index in [2.05, 4.69) is 5.32 Å². The van der Waals surface area contributed by atoms with Gasteiger partial charge in [-0.05, 0) is 24.6 Å². The first-order chi connectivity index (χ1) is 10.5. The molecule has 1 aromatic carbocycles. The molecule has 1 aliphatic rings. The van der Waals surface area contributed by atoms with Gasteiger partial charge in [-0.3, -0.25) is 9.69 Å². The van der Waals surface area contributed by atoms with Gasteiger partial charge < -0.3 is 19.7 Å². The fourth-order valence-corrected chi connectivity index (χ4v) is 2.23. The van der Waals surface area contributed by atoms with Crippen molar-refractivity contribution in [3.8, 4) is 5.75 Å². The Morgan fingerprint density at radius 1 is 1.36 bits per heavy atom. The summed E-state index contributed by atoms with van der Waals surface area (Å²) in [6, 6.07) is 5.19. The third-order valence-electron chi connectivity index (χ3n) is 3.47. The zero-order chi connectivity index (χ0) is 16.1. The molecular formula is C15H21N3O4. The number of nitrogens with zero attached hydrogens (tertiary/aromatic N) is 2. The van der Waals surface area contributed by atoms with E-state index in [0.29, 0.717) is 24.6 Å². The number of aryl methyl sites for hydroxylation is 1. The van der Waals surface area contributed by atoms with E-state index in [-0.39, 0.29) is 25.2 Å².